The second-order valence-electron chi connectivity index (χ2n) is 3.78. The quantitative estimate of drug-likeness (QED) is 0.443. The Bertz CT molecular complexity index is 529. The number of methoxy groups -OCH3 is 1. The number of ether oxygens (including phenoxy) is 1. The number of carbonyl (C=O) groups excluding carboxylic acids is 2. The molecule has 7 nitrogen and oxygen atoms in total. The normalized spacial score (nSPS) is 11.7. The van der Waals surface area contributed by atoms with Crippen LogP contribution in [-0.4, -0.2) is 40.7 Å². The van der Waals surface area contributed by atoms with Gasteiger partial charge in [0.15, 0.2) is 5.16 Å². The standard InChI is InChI=1S/C11H15N3O4S/c1-6-4-9(16)14-11(12-6)19-5-8(10(17)18-3)13-7(2)15/h4,8H,5H2,1-3H3,(H,13,15)(H,12,14,16). The first-order valence-corrected chi connectivity index (χ1v) is 6.46. The molecule has 2 N–H and O–H groups in total. The Hall–Kier alpha value is -1.83. The molecule has 0 saturated heterocycles. The van der Waals surface area contributed by atoms with Gasteiger partial charge in [-0.25, -0.2) is 9.78 Å². The zero-order valence-electron chi connectivity index (χ0n) is 10.9. The number of rotatable bonds is 5. The monoisotopic (exact) mass is 285 g/mol. The molecule has 19 heavy (non-hydrogen) atoms. The van der Waals surface area contributed by atoms with Crippen molar-refractivity contribution in [3.05, 3.63) is 22.1 Å². The van der Waals surface area contributed by atoms with Gasteiger partial charge in [-0.05, 0) is 6.92 Å². The zero-order chi connectivity index (χ0) is 14.4. The van der Waals surface area contributed by atoms with E-state index in [-0.39, 0.29) is 17.2 Å². The van der Waals surface area contributed by atoms with E-state index < -0.39 is 12.0 Å². The van der Waals surface area contributed by atoms with Crippen LogP contribution >= 0.6 is 11.8 Å². The highest BCUT2D eigenvalue weighted by Crippen LogP contribution is 2.13. The number of aromatic nitrogens is 2. The molecule has 1 rings (SSSR count). The van der Waals surface area contributed by atoms with Crippen molar-refractivity contribution in [2.45, 2.75) is 25.0 Å². The predicted molar refractivity (Wildman–Crippen MR) is 69.9 cm³/mol. The van der Waals surface area contributed by atoms with E-state index >= 15 is 0 Å². The number of nitrogens with zero attached hydrogens (tertiary/aromatic N) is 1. The van der Waals surface area contributed by atoms with Gasteiger partial charge in [-0.1, -0.05) is 11.8 Å². The smallest absolute Gasteiger partial charge is 0.329 e. The third-order valence-corrected chi connectivity index (χ3v) is 3.06. The summed E-state index contributed by atoms with van der Waals surface area (Å²) in [5, 5.41) is 2.87. The van der Waals surface area contributed by atoms with Gasteiger partial charge >= 0.3 is 5.97 Å². The van der Waals surface area contributed by atoms with E-state index in [0.29, 0.717) is 10.9 Å². The second-order valence-corrected chi connectivity index (χ2v) is 4.79. The summed E-state index contributed by atoms with van der Waals surface area (Å²) in [6, 6.07) is 0.591. The first kappa shape index (κ1) is 15.2. The molecule has 0 bridgehead atoms. The molecule has 0 saturated carbocycles. The van der Waals surface area contributed by atoms with E-state index in [1.165, 1.54) is 20.1 Å². The molecule has 0 aliphatic rings. The Morgan fingerprint density at radius 1 is 1.58 bits per heavy atom. The molecule has 1 amide bonds. The van der Waals surface area contributed by atoms with E-state index in [1.54, 1.807) is 6.92 Å². The lowest BCUT2D eigenvalue weighted by atomic mass is 10.3. The van der Waals surface area contributed by atoms with Crippen LogP contribution in [0.2, 0.25) is 0 Å². The fourth-order valence-corrected chi connectivity index (χ4v) is 2.26. The molecule has 0 aromatic carbocycles. The Kier molecular flexibility index (Phi) is 5.56. The van der Waals surface area contributed by atoms with Gasteiger partial charge in [0, 0.05) is 24.4 Å². The topological polar surface area (TPSA) is 101 Å². The van der Waals surface area contributed by atoms with Crippen LogP contribution < -0.4 is 10.9 Å². The molecule has 0 aliphatic heterocycles. The van der Waals surface area contributed by atoms with Crippen LogP contribution in [0.5, 0.6) is 0 Å². The lowest BCUT2D eigenvalue weighted by molar-refractivity contribution is -0.144. The number of carbonyl (C=O) groups is 2. The summed E-state index contributed by atoms with van der Waals surface area (Å²) in [6.45, 7) is 3.01. The maximum atomic E-state index is 11.5. The molecule has 0 radical (unpaired) electrons. The van der Waals surface area contributed by atoms with Crippen LogP contribution in [0.25, 0.3) is 0 Å². The molecule has 1 heterocycles. The highest BCUT2D eigenvalue weighted by atomic mass is 32.2. The summed E-state index contributed by atoms with van der Waals surface area (Å²) in [7, 11) is 1.24. The van der Waals surface area contributed by atoms with Gasteiger partial charge in [-0.15, -0.1) is 0 Å². The fourth-order valence-electron chi connectivity index (χ4n) is 1.34. The summed E-state index contributed by atoms with van der Waals surface area (Å²) in [4.78, 5) is 40.4. The van der Waals surface area contributed by atoms with Crippen molar-refractivity contribution >= 4 is 23.6 Å². The number of H-pyrrole nitrogens is 1. The van der Waals surface area contributed by atoms with Gasteiger partial charge < -0.3 is 15.0 Å². The molecule has 1 aromatic rings. The minimum absolute atomic E-state index is 0.221. The van der Waals surface area contributed by atoms with Crippen LogP contribution in [-0.2, 0) is 14.3 Å². The molecular weight excluding hydrogens is 270 g/mol. The van der Waals surface area contributed by atoms with Gasteiger partial charge in [0.2, 0.25) is 5.91 Å². The van der Waals surface area contributed by atoms with Crippen LogP contribution in [0.1, 0.15) is 12.6 Å². The molecule has 1 atom stereocenters. The van der Waals surface area contributed by atoms with E-state index in [9.17, 15) is 14.4 Å². The Morgan fingerprint density at radius 2 is 2.26 bits per heavy atom. The average molecular weight is 285 g/mol. The minimum atomic E-state index is -0.779. The number of amides is 1. The fraction of sp³-hybridized carbons (Fsp3) is 0.455. The van der Waals surface area contributed by atoms with E-state index in [4.69, 9.17) is 0 Å². The first-order chi connectivity index (χ1) is 8.92. The Balaban J connectivity index is 2.72. The number of aryl methyl sites for hydroxylation is 1. The highest BCUT2D eigenvalue weighted by Gasteiger charge is 2.20. The number of hydrogen-bond acceptors (Lipinski definition) is 6. The van der Waals surface area contributed by atoms with E-state index in [0.717, 1.165) is 11.8 Å². The molecule has 0 fully saturated rings. The number of thioether (sulfide) groups is 1. The van der Waals surface area contributed by atoms with Crippen LogP contribution in [0.15, 0.2) is 16.0 Å². The van der Waals surface area contributed by atoms with Crippen molar-refractivity contribution in [3.63, 3.8) is 0 Å². The maximum absolute atomic E-state index is 11.5. The minimum Gasteiger partial charge on any atom is -0.467 e. The van der Waals surface area contributed by atoms with Crippen molar-refractivity contribution in [1.29, 1.82) is 0 Å². The third-order valence-electron chi connectivity index (χ3n) is 2.10. The zero-order valence-corrected chi connectivity index (χ0v) is 11.7. The summed E-state index contributed by atoms with van der Waals surface area (Å²) < 4.78 is 4.59. The average Bonchev–Trinajstić information content (AvgIpc) is 2.31. The van der Waals surface area contributed by atoms with Crippen molar-refractivity contribution in [2.75, 3.05) is 12.9 Å². The molecule has 0 aliphatic carbocycles. The Morgan fingerprint density at radius 3 is 2.79 bits per heavy atom. The van der Waals surface area contributed by atoms with Crippen LogP contribution in [0, 0.1) is 6.92 Å². The van der Waals surface area contributed by atoms with E-state index in [1.807, 2.05) is 0 Å². The van der Waals surface area contributed by atoms with Crippen molar-refractivity contribution in [3.8, 4) is 0 Å². The van der Waals surface area contributed by atoms with E-state index in [2.05, 4.69) is 20.0 Å². The molecule has 1 aromatic heterocycles. The van der Waals surface area contributed by atoms with Gasteiger partial charge in [0.1, 0.15) is 6.04 Å². The molecular formula is C11H15N3O4S. The van der Waals surface area contributed by atoms with Crippen LogP contribution in [0.4, 0.5) is 0 Å². The molecule has 1 unspecified atom stereocenters. The molecule has 104 valence electrons. The van der Waals surface area contributed by atoms with Gasteiger partial charge in [0.05, 0.1) is 7.11 Å². The third kappa shape index (κ3) is 5.12. The molecule has 8 heteroatoms. The van der Waals surface area contributed by atoms with Gasteiger partial charge in [-0.2, -0.15) is 0 Å². The lowest BCUT2D eigenvalue weighted by Gasteiger charge is -2.14. The Labute approximate surface area is 114 Å². The van der Waals surface area contributed by atoms with Crippen molar-refractivity contribution in [1.82, 2.24) is 15.3 Å². The van der Waals surface area contributed by atoms with Crippen molar-refractivity contribution < 1.29 is 14.3 Å². The largest absolute Gasteiger partial charge is 0.467 e. The summed E-state index contributed by atoms with van der Waals surface area (Å²) in [6.07, 6.45) is 0. The number of esters is 1. The van der Waals surface area contributed by atoms with Crippen LogP contribution in [0.3, 0.4) is 0 Å². The van der Waals surface area contributed by atoms with Crippen molar-refractivity contribution in [2.24, 2.45) is 0 Å². The molecule has 0 spiro atoms. The summed E-state index contributed by atoms with van der Waals surface area (Å²) in [5.74, 6) is -0.655. The second kappa shape index (κ2) is 6.93. The first-order valence-electron chi connectivity index (χ1n) is 5.48. The highest BCUT2D eigenvalue weighted by molar-refractivity contribution is 7.99. The lowest BCUT2D eigenvalue weighted by Crippen LogP contribution is -2.42. The number of hydrogen-bond donors (Lipinski definition) is 2. The predicted octanol–water partition coefficient (Wildman–Crippen LogP) is -0.152. The van der Waals surface area contributed by atoms with Gasteiger partial charge in [0.25, 0.3) is 5.56 Å². The maximum Gasteiger partial charge on any atom is 0.329 e. The summed E-state index contributed by atoms with van der Waals surface area (Å²) >= 11 is 1.16. The summed E-state index contributed by atoms with van der Waals surface area (Å²) in [5.41, 5.74) is 0.324. The number of nitrogens with one attached hydrogen (secondary N) is 2. The SMILES string of the molecule is COC(=O)C(CSc1nc(C)cc(=O)[nH]1)NC(C)=O. The number of aromatic amines is 1. The van der Waals surface area contributed by atoms with Gasteiger partial charge in [-0.3, -0.25) is 9.59 Å².